The molecule has 3 N–H and O–H groups in total. The lowest BCUT2D eigenvalue weighted by molar-refractivity contribution is -0.157. The van der Waals surface area contributed by atoms with Gasteiger partial charge >= 0.3 is 5.97 Å². The van der Waals surface area contributed by atoms with Crippen molar-refractivity contribution in [3.05, 3.63) is 0 Å². The lowest BCUT2D eigenvalue weighted by atomic mass is 10.1. The summed E-state index contributed by atoms with van der Waals surface area (Å²) >= 11 is 0. The molecule has 0 aromatic heterocycles. The fourth-order valence-electron chi connectivity index (χ4n) is 3.05. The molecule has 0 saturated carbocycles. The molecule has 0 amide bonds. The molecule has 0 spiro atoms. The number of aliphatic hydroxyl groups excluding tert-OH is 3. The van der Waals surface area contributed by atoms with Gasteiger partial charge in [0.2, 0.25) is 0 Å². The molecule has 0 radical (unpaired) electrons. The van der Waals surface area contributed by atoms with E-state index in [9.17, 15) is 20.1 Å². The summed E-state index contributed by atoms with van der Waals surface area (Å²) in [4.78, 5) is 11.6. The van der Waals surface area contributed by atoms with Gasteiger partial charge in [-0.05, 0) is 6.42 Å². The molecule has 1 aliphatic heterocycles. The Morgan fingerprint density at radius 3 is 1.84 bits per heavy atom. The first-order chi connectivity index (χ1) is 12.1. The first-order valence-electron chi connectivity index (χ1n) is 9.91. The number of hydrogen-bond donors (Lipinski definition) is 3. The Hall–Kier alpha value is -0.690. The van der Waals surface area contributed by atoms with Gasteiger partial charge in [-0.2, -0.15) is 0 Å². The Morgan fingerprint density at radius 1 is 0.840 bits per heavy atom. The van der Waals surface area contributed by atoms with Crippen molar-refractivity contribution in [1.29, 1.82) is 0 Å². The number of aliphatic hydroxyl groups is 3. The normalized spacial score (nSPS) is 26.1. The third-order valence-electron chi connectivity index (χ3n) is 4.73. The van der Waals surface area contributed by atoms with Gasteiger partial charge in [0.1, 0.15) is 24.9 Å². The minimum atomic E-state index is -1.43. The summed E-state index contributed by atoms with van der Waals surface area (Å²) in [6.07, 6.45) is 8.94. The molecule has 0 aromatic carbocycles. The predicted octanol–water partition coefficient (Wildman–Crippen LogP) is 2.67. The molecule has 1 heterocycles. The number of hydrogen-bond acceptors (Lipinski definition) is 6. The van der Waals surface area contributed by atoms with Crippen molar-refractivity contribution in [2.45, 2.75) is 109 Å². The zero-order valence-electron chi connectivity index (χ0n) is 15.6. The Labute approximate surface area is 151 Å². The van der Waals surface area contributed by atoms with Crippen LogP contribution in [0.3, 0.4) is 0 Å². The van der Waals surface area contributed by atoms with Crippen LogP contribution in [0.4, 0.5) is 0 Å². The SMILES string of the molecule is CCCCCCCCCCCCCC(=O)OC[C@H]1O[C@H](O)[C@H](O)[C@H]1O. The third-order valence-corrected chi connectivity index (χ3v) is 4.73. The van der Waals surface area contributed by atoms with Crippen LogP contribution >= 0.6 is 0 Å². The third kappa shape index (κ3) is 9.54. The van der Waals surface area contributed by atoms with Crippen molar-refractivity contribution >= 4 is 5.97 Å². The highest BCUT2D eigenvalue weighted by Crippen LogP contribution is 2.20. The van der Waals surface area contributed by atoms with Gasteiger partial charge in [0.15, 0.2) is 6.29 Å². The van der Waals surface area contributed by atoms with E-state index in [0.717, 1.165) is 19.3 Å². The Kier molecular flexibility index (Phi) is 12.1. The molecule has 1 aliphatic rings. The maximum Gasteiger partial charge on any atom is 0.305 e. The summed E-state index contributed by atoms with van der Waals surface area (Å²) in [5.74, 6) is -0.331. The van der Waals surface area contributed by atoms with Crippen LogP contribution < -0.4 is 0 Å². The van der Waals surface area contributed by atoms with Crippen LogP contribution in [-0.4, -0.2) is 52.5 Å². The van der Waals surface area contributed by atoms with Crippen molar-refractivity contribution in [3.8, 4) is 0 Å². The molecule has 0 aliphatic carbocycles. The number of carbonyl (C=O) groups excluding carboxylic acids is 1. The van der Waals surface area contributed by atoms with Crippen LogP contribution in [0.15, 0.2) is 0 Å². The van der Waals surface area contributed by atoms with Crippen molar-refractivity contribution < 1.29 is 29.6 Å². The Bertz CT molecular complexity index is 349. The van der Waals surface area contributed by atoms with Crippen LogP contribution in [0.2, 0.25) is 0 Å². The second-order valence-electron chi connectivity index (χ2n) is 7.01. The van der Waals surface area contributed by atoms with E-state index in [1.807, 2.05) is 0 Å². The zero-order valence-corrected chi connectivity index (χ0v) is 15.6. The molecular formula is C19H36O6. The molecule has 6 heteroatoms. The Morgan fingerprint density at radius 2 is 1.36 bits per heavy atom. The number of rotatable bonds is 14. The molecule has 148 valence electrons. The average molecular weight is 360 g/mol. The summed E-state index contributed by atoms with van der Waals surface area (Å²) in [6, 6.07) is 0. The van der Waals surface area contributed by atoms with Crippen molar-refractivity contribution in [3.63, 3.8) is 0 Å². The van der Waals surface area contributed by atoms with Crippen LogP contribution in [0.1, 0.15) is 84.0 Å². The summed E-state index contributed by atoms with van der Waals surface area (Å²) < 4.78 is 9.96. The van der Waals surface area contributed by atoms with Gasteiger partial charge in [-0.25, -0.2) is 0 Å². The highest BCUT2D eigenvalue weighted by molar-refractivity contribution is 5.69. The molecule has 1 rings (SSSR count). The molecule has 0 bridgehead atoms. The molecule has 4 atom stereocenters. The van der Waals surface area contributed by atoms with Crippen LogP contribution in [-0.2, 0) is 14.3 Å². The van der Waals surface area contributed by atoms with E-state index in [0.29, 0.717) is 6.42 Å². The van der Waals surface area contributed by atoms with E-state index in [2.05, 4.69) is 6.92 Å². The maximum atomic E-state index is 11.6. The topological polar surface area (TPSA) is 96.2 Å². The second kappa shape index (κ2) is 13.5. The number of esters is 1. The summed E-state index contributed by atoms with van der Waals surface area (Å²) in [5.41, 5.74) is 0. The van der Waals surface area contributed by atoms with Crippen LogP contribution in [0.5, 0.6) is 0 Å². The minimum absolute atomic E-state index is 0.147. The van der Waals surface area contributed by atoms with Crippen molar-refractivity contribution in [2.24, 2.45) is 0 Å². The van der Waals surface area contributed by atoms with Gasteiger partial charge in [0.25, 0.3) is 0 Å². The molecule has 25 heavy (non-hydrogen) atoms. The lowest BCUT2D eigenvalue weighted by Gasteiger charge is -2.14. The van der Waals surface area contributed by atoms with Crippen LogP contribution in [0.25, 0.3) is 0 Å². The average Bonchev–Trinajstić information content (AvgIpc) is 2.84. The molecule has 1 saturated heterocycles. The van der Waals surface area contributed by atoms with E-state index < -0.39 is 24.6 Å². The molecule has 0 unspecified atom stereocenters. The quantitative estimate of drug-likeness (QED) is 0.325. The van der Waals surface area contributed by atoms with Gasteiger partial charge in [0, 0.05) is 6.42 Å². The molecule has 1 fully saturated rings. The van der Waals surface area contributed by atoms with Gasteiger partial charge in [-0.3, -0.25) is 4.79 Å². The molecular weight excluding hydrogens is 324 g/mol. The monoisotopic (exact) mass is 360 g/mol. The summed E-state index contributed by atoms with van der Waals surface area (Å²) in [5, 5.41) is 28.2. The zero-order chi connectivity index (χ0) is 18.5. The first kappa shape index (κ1) is 22.4. The van der Waals surface area contributed by atoms with Crippen LogP contribution in [0, 0.1) is 0 Å². The number of unbranched alkanes of at least 4 members (excludes halogenated alkanes) is 10. The number of carbonyl (C=O) groups is 1. The fraction of sp³-hybridized carbons (Fsp3) is 0.947. The van der Waals surface area contributed by atoms with E-state index >= 15 is 0 Å². The highest BCUT2D eigenvalue weighted by Gasteiger charge is 2.42. The predicted molar refractivity (Wildman–Crippen MR) is 94.9 cm³/mol. The van der Waals surface area contributed by atoms with Gasteiger partial charge < -0.3 is 24.8 Å². The van der Waals surface area contributed by atoms with Gasteiger partial charge in [-0.15, -0.1) is 0 Å². The largest absolute Gasteiger partial charge is 0.463 e. The Balaban J connectivity index is 1.89. The smallest absolute Gasteiger partial charge is 0.305 e. The van der Waals surface area contributed by atoms with Crippen molar-refractivity contribution in [1.82, 2.24) is 0 Å². The second-order valence-corrected chi connectivity index (χ2v) is 7.01. The van der Waals surface area contributed by atoms with Crippen molar-refractivity contribution in [2.75, 3.05) is 6.61 Å². The van der Waals surface area contributed by atoms with E-state index in [1.165, 1.54) is 51.4 Å². The fourth-order valence-corrected chi connectivity index (χ4v) is 3.05. The van der Waals surface area contributed by atoms with Gasteiger partial charge in [0.05, 0.1) is 0 Å². The molecule has 6 nitrogen and oxygen atoms in total. The standard InChI is InChI=1S/C19H36O6/c1-2-3-4-5-6-7-8-9-10-11-12-13-16(20)24-14-15-17(21)18(22)19(23)25-15/h15,17-19,21-23H,2-14H2,1H3/t15-,17+,18-,19+/m1/s1. The first-order valence-corrected chi connectivity index (χ1v) is 9.91. The summed E-state index contributed by atoms with van der Waals surface area (Å²) in [6.45, 7) is 2.09. The highest BCUT2D eigenvalue weighted by atomic mass is 16.7. The number of ether oxygens (including phenoxy) is 2. The van der Waals surface area contributed by atoms with Gasteiger partial charge in [-0.1, -0.05) is 71.1 Å². The minimum Gasteiger partial charge on any atom is -0.463 e. The van der Waals surface area contributed by atoms with E-state index in [4.69, 9.17) is 9.47 Å². The molecule has 0 aromatic rings. The van der Waals surface area contributed by atoms with E-state index in [-0.39, 0.29) is 12.6 Å². The summed E-state index contributed by atoms with van der Waals surface area (Å²) in [7, 11) is 0. The maximum absolute atomic E-state index is 11.6. The lowest BCUT2D eigenvalue weighted by Crippen LogP contribution is -2.34. The van der Waals surface area contributed by atoms with E-state index in [1.54, 1.807) is 0 Å².